The number of aromatic carboxylic acids is 1. The molecule has 0 atom stereocenters. The first-order valence-corrected chi connectivity index (χ1v) is 6.65. The summed E-state index contributed by atoms with van der Waals surface area (Å²) < 4.78 is 0. The fourth-order valence-corrected chi connectivity index (χ4v) is 2.03. The normalized spacial score (nSPS) is 10.2. The highest BCUT2D eigenvalue weighted by Gasteiger charge is 2.13. The van der Waals surface area contributed by atoms with Crippen LogP contribution in [0.3, 0.4) is 0 Å². The third-order valence-corrected chi connectivity index (χ3v) is 3.37. The van der Waals surface area contributed by atoms with Gasteiger partial charge < -0.3 is 10.4 Å². The molecule has 5 nitrogen and oxygen atoms in total. The van der Waals surface area contributed by atoms with Gasteiger partial charge in [0.15, 0.2) is 5.69 Å². The van der Waals surface area contributed by atoms with Crippen LogP contribution >= 0.6 is 23.2 Å². The topological polar surface area (TPSA) is 79.3 Å². The van der Waals surface area contributed by atoms with Crippen molar-refractivity contribution in [2.45, 2.75) is 6.42 Å². The number of carboxylic acids is 1. The van der Waals surface area contributed by atoms with Crippen LogP contribution in [-0.4, -0.2) is 22.0 Å². The Morgan fingerprint density at radius 2 is 1.95 bits per heavy atom. The molecule has 0 aliphatic rings. The summed E-state index contributed by atoms with van der Waals surface area (Å²) in [6, 6.07) is 7.88. The number of carbonyl (C=O) groups excluding carboxylic acids is 1. The molecule has 0 radical (unpaired) electrons. The Kier molecular flexibility index (Phi) is 4.77. The first kappa shape index (κ1) is 15.3. The van der Waals surface area contributed by atoms with Crippen LogP contribution in [0.1, 0.15) is 16.1 Å². The van der Waals surface area contributed by atoms with Crippen molar-refractivity contribution in [1.82, 2.24) is 4.98 Å². The van der Waals surface area contributed by atoms with Gasteiger partial charge in [0.2, 0.25) is 5.91 Å². The standard InChI is InChI=1S/C14H10Cl2N2O3/c15-9-4-3-8(6-10(9)16)7-12(19)18-11-2-1-5-17-13(11)14(20)21/h1-6H,7H2,(H,18,19)(H,20,21). The van der Waals surface area contributed by atoms with Gasteiger partial charge in [-0.15, -0.1) is 0 Å². The highest BCUT2D eigenvalue weighted by Crippen LogP contribution is 2.23. The minimum atomic E-state index is -1.21. The molecule has 1 aromatic heterocycles. The number of rotatable bonds is 4. The van der Waals surface area contributed by atoms with Crippen LogP contribution in [-0.2, 0) is 11.2 Å². The molecule has 0 aliphatic heterocycles. The first-order valence-electron chi connectivity index (χ1n) is 5.89. The second-order valence-corrected chi connectivity index (χ2v) is 4.99. The lowest BCUT2D eigenvalue weighted by molar-refractivity contribution is -0.115. The molecule has 21 heavy (non-hydrogen) atoms. The number of benzene rings is 1. The molecule has 0 saturated heterocycles. The third kappa shape index (κ3) is 3.93. The summed E-state index contributed by atoms with van der Waals surface area (Å²) >= 11 is 11.7. The van der Waals surface area contributed by atoms with Gasteiger partial charge in [-0.3, -0.25) is 4.79 Å². The molecule has 0 unspecified atom stereocenters. The first-order chi connectivity index (χ1) is 9.97. The van der Waals surface area contributed by atoms with E-state index in [2.05, 4.69) is 10.3 Å². The lowest BCUT2D eigenvalue weighted by Gasteiger charge is -2.08. The van der Waals surface area contributed by atoms with E-state index < -0.39 is 5.97 Å². The molecule has 1 amide bonds. The summed E-state index contributed by atoms with van der Waals surface area (Å²) in [5.74, 6) is -1.58. The molecule has 1 aromatic carbocycles. The predicted molar refractivity (Wildman–Crippen MR) is 80.0 cm³/mol. The predicted octanol–water partition coefficient (Wildman–Crippen LogP) is 3.27. The molecule has 2 aromatic rings. The van der Waals surface area contributed by atoms with Crippen molar-refractivity contribution in [3.05, 3.63) is 57.8 Å². The van der Waals surface area contributed by atoms with Crippen LogP contribution in [0.25, 0.3) is 0 Å². The van der Waals surface area contributed by atoms with Crippen LogP contribution in [0, 0.1) is 0 Å². The highest BCUT2D eigenvalue weighted by atomic mass is 35.5. The second kappa shape index (κ2) is 6.56. The van der Waals surface area contributed by atoms with Crippen molar-refractivity contribution in [1.29, 1.82) is 0 Å². The van der Waals surface area contributed by atoms with Gasteiger partial charge in [0.05, 0.1) is 22.2 Å². The van der Waals surface area contributed by atoms with Gasteiger partial charge in [0.1, 0.15) is 0 Å². The Hall–Kier alpha value is -2.11. The van der Waals surface area contributed by atoms with Crippen LogP contribution in [0.4, 0.5) is 5.69 Å². The van der Waals surface area contributed by atoms with Crippen LogP contribution < -0.4 is 5.32 Å². The van der Waals surface area contributed by atoms with Gasteiger partial charge in [-0.05, 0) is 29.8 Å². The smallest absolute Gasteiger partial charge is 0.356 e. The average Bonchev–Trinajstić information content (AvgIpc) is 2.43. The molecule has 0 aliphatic carbocycles. The fourth-order valence-electron chi connectivity index (χ4n) is 1.71. The van der Waals surface area contributed by atoms with Crippen molar-refractivity contribution < 1.29 is 14.7 Å². The Labute approximate surface area is 130 Å². The number of nitrogens with zero attached hydrogens (tertiary/aromatic N) is 1. The summed E-state index contributed by atoms with van der Waals surface area (Å²) in [4.78, 5) is 26.7. The molecule has 0 fully saturated rings. The average molecular weight is 325 g/mol. The number of aromatic nitrogens is 1. The Morgan fingerprint density at radius 3 is 2.62 bits per heavy atom. The third-order valence-electron chi connectivity index (χ3n) is 2.63. The summed E-state index contributed by atoms with van der Waals surface area (Å²) in [5.41, 5.74) is 0.609. The SMILES string of the molecule is O=C(Cc1ccc(Cl)c(Cl)c1)Nc1cccnc1C(=O)O. The van der Waals surface area contributed by atoms with E-state index >= 15 is 0 Å². The largest absolute Gasteiger partial charge is 0.476 e. The summed E-state index contributed by atoms with van der Waals surface area (Å²) in [6.45, 7) is 0. The van der Waals surface area contributed by atoms with Crippen LogP contribution in [0.5, 0.6) is 0 Å². The molecular formula is C14H10Cl2N2O3. The van der Waals surface area contributed by atoms with Gasteiger partial charge >= 0.3 is 5.97 Å². The van der Waals surface area contributed by atoms with E-state index in [0.29, 0.717) is 15.6 Å². The van der Waals surface area contributed by atoms with E-state index in [9.17, 15) is 9.59 Å². The van der Waals surface area contributed by atoms with Crippen molar-refractivity contribution >= 4 is 40.8 Å². The zero-order valence-corrected chi connectivity index (χ0v) is 12.1. The minimum Gasteiger partial charge on any atom is -0.476 e. The Morgan fingerprint density at radius 1 is 1.19 bits per heavy atom. The second-order valence-electron chi connectivity index (χ2n) is 4.18. The van der Waals surface area contributed by atoms with Gasteiger partial charge in [0.25, 0.3) is 0 Å². The van der Waals surface area contributed by atoms with Crippen molar-refractivity contribution in [3.63, 3.8) is 0 Å². The van der Waals surface area contributed by atoms with Gasteiger partial charge in [0, 0.05) is 6.20 Å². The van der Waals surface area contributed by atoms with E-state index in [-0.39, 0.29) is 23.7 Å². The van der Waals surface area contributed by atoms with E-state index in [1.54, 1.807) is 24.3 Å². The van der Waals surface area contributed by atoms with Crippen molar-refractivity contribution in [2.75, 3.05) is 5.32 Å². The molecule has 0 bridgehead atoms. The Bertz CT molecular complexity index is 704. The maximum atomic E-state index is 11.9. The van der Waals surface area contributed by atoms with Crippen LogP contribution in [0.2, 0.25) is 10.0 Å². The monoisotopic (exact) mass is 324 g/mol. The highest BCUT2D eigenvalue weighted by molar-refractivity contribution is 6.42. The van der Waals surface area contributed by atoms with E-state index in [4.69, 9.17) is 28.3 Å². The molecule has 2 rings (SSSR count). The van der Waals surface area contributed by atoms with E-state index in [1.165, 1.54) is 12.3 Å². The molecule has 7 heteroatoms. The van der Waals surface area contributed by atoms with Gasteiger partial charge in [-0.25, -0.2) is 9.78 Å². The molecular weight excluding hydrogens is 315 g/mol. The van der Waals surface area contributed by atoms with Gasteiger partial charge in [-0.1, -0.05) is 29.3 Å². The maximum Gasteiger partial charge on any atom is 0.356 e. The number of hydrogen-bond acceptors (Lipinski definition) is 3. The zero-order valence-electron chi connectivity index (χ0n) is 10.6. The number of carboxylic acid groups (broad SMARTS) is 1. The zero-order chi connectivity index (χ0) is 15.4. The fraction of sp³-hybridized carbons (Fsp3) is 0.0714. The molecule has 108 valence electrons. The number of amides is 1. The quantitative estimate of drug-likeness (QED) is 0.904. The number of pyridine rings is 1. The van der Waals surface area contributed by atoms with Crippen molar-refractivity contribution in [2.24, 2.45) is 0 Å². The summed E-state index contributed by atoms with van der Waals surface area (Å²) in [5, 5.41) is 12.3. The molecule has 1 heterocycles. The summed E-state index contributed by atoms with van der Waals surface area (Å²) in [6.07, 6.45) is 1.39. The Balaban J connectivity index is 2.12. The lowest BCUT2D eigenvalue weighted by atomic mass is 10.1. The number of hydrogen-bond donors (Lipinski definition) is 2. The number of anilines is 1. The number of nitrogens with one attached hydrogen (secondary N) is 1. The minimum absolute atomic E-state index is 0.0465. The number of carbonyl (C=O) groups is 2. The molecule has 2 N–H and O–H groups in total. The lowest BCUT2D eigenvalue weighted by Crippen LogP contribution is -2.17. The maximum absolute atomic E-state index is 11.9. The number of halogens is 2. The molecule has 0 spiro atoms. The molecule has 0 saturated carbocycles. The van der Waals surface area contributed by atoms with E-state index in [0.717, 1.165) is 0 Å². The summed E-state index contributed by atoms with van der Waals surface area (Å²) in [7, 11) is 0. The van der Waals surface area contributed by atoms with Crippen LogP contribution in [0.15, 0.2) is 36.5 Å². The van der Waals surface area contributed by atoms with E-state index in [1.807, 2.05) is 0 Å². The van der Waals surface area contributed by atoms with Gasteiger partial charge in [-0.2, -0.15) is 0 Å². The van der Waals surface area contributed by atoms with Crippen molar-refractivity contribution in [3.8, 4) is 0 Å².